The number of benzene rings is 1. The number of likely N-dealkylation sites (N-methyl/N-ethyl adjacent to an activating group) is 1. The Morgan fingerprint density at radius 3 is 2.31 bits per heavy atom. The number of thiophene rings is 1. The fraction of sp³-hybridized carbons (Fsp3) is 0.389. The molecular formula is C18H25N3O3S2. The molecule has 0 spiro atoms. The maximum Gasteiger partial charge on any atom is 0.240 e. The summed E-state index contributed by atoms with van der Waals surface area (Å²) in [5.41, 5.74) is 0.576. The average molecular weight is 396 g/mol. The van der Waals surface area contributed by atoms with E-state index in [4.69, 9.17) is 0 Å². The van der Waals surface area contributed by atoms with Gasteiger partial charge in [-0.25, -0.2) is 13.1 Å². The minimum absolute atomic E-state index is 0.0330. The third kappa shape index (κ3) is 5.38. The smallest absolute Gasteiger partial charge is 0.240 e. The number of anilines is 1. The van der Waals surface area contributed by atoms with E-state index in [1.165, 1.54) is 12.1 Å². The molecule has 142 valence electrons. The summed E-state index contributed by atoms with van der Waals surface area (Å²) in [5.74, 6) is -0.246. The number of sulfonamides is 1. The molecule has 0 unspecified atom stereocenters. The summed E-state index contributed by atoms with van der Waals surface area (Å²) < 4.78 is 27.8. The Balaban J connectivity index is 2.06. The Bertz CT molecular complexity index is 814. The molecule has 1 amide bonds. The van der Waals surface area contributed by atoms with Crippen LogP contribution in [-0.4, -0.2) is 39.9 Å². The maximum atomic E-state index is 12.6. The lowest BCUT2D eigenvalue weighted by Crippen LogP contribution is -2.34. The molecule has 2 rings (SSSR count). The highest BCUT2D eigenvalue weighted by Gasteiger charge is 2.20. The third-order valence-electron chi connectivity index (χ3n) is 3.92. The minimum Gasteiger partial charge on any atom is -0.326 e. The molecule has 0 aliphatic rings. The average Bonchev–Trinajstić information content (AvgIpc) is 3.09. The van der Waals surface area contributed by atoms with Gasteiger partial charge in [0.2, 0.25) is 15.9 Å². The molecule has 26 heavy (non-hydrogen) atoms. The van der Waals surface area contributed by atoms with Crippen molar-refractivity contribution < 1.29 is 13.2 Å². The van der Waals surface area contributed by atoms with Gasteiger partial charge in [-0.3, -0.25) is 4.79 Å². The van der Waals surface area contributed by atoms with Crippen LogP contribution in [0.15, 0.2) is 46.7 Å². The molecule has 0 aliphatic heterocycles. The van der Waals surface area contributed by atoms with Gasteiger partial charge in [0.25, 0.3) is 0 Å². The molecule has 1 aromatic heterocycles. The quantitative estimate of drug-likeness (QED) is 0.720. The number of carbonyl (C=O) groups excluding carboxylic acids is 1. The van der Waals surface area contributed by atoms with Crippen LogP contribution in [0, 0.1) is 5.92 Å². The monoisotopic (exact) mass is 395 g/mol. The molecule has 1 heterocycles. The molecule has 0 fully saturated rings. The van der Waals surface area contributed by atoms with Crippen molar-refractivity contribution in [1.82, 2.24) is 9.62 Å². The molecule has 6 nitrogen and oxygen atoms in total. The first-order valence-corrected chi connectivity index (χ1v) is 10.7. The first-order valence-electron chi connectivity index (χ1n) is 8.31. The Morgan fingerprint density at radius 1 is 1.15 bits per heavy atom. The Hall–Kier alpha value is -1.74. The topological polar surface area (TPSA) is 78.5 Å². The second kappa shape index (κ2) is 8.77. The van der Waals surface area contributed by atoms with Crippen LogP contribution >= 0.6 is 11.3 Å². The molecule has 0 aliphatic carbocycles. The number of nitrogens with zero attached hydrogens (tertiary/aromatic N) is 1. The van der Waals surface area contributed by atoms with E-state index in [1.807, 2.05) is 36.5 Å². The Kier molecular flexibility index (Phi) is 6.94. The number of carbonyl (C=O) groups is 1. The molecule has 2 N–H and O–H groups in total. The van der Waals surface area contributed by atoms with Crippen LogP contribution in [0.1, 0.15) is 24.8 Å². The molecule has 8 heteroatoms. The van der Waals surface area contributed by atoms with Gasteiger partial charge in [-0.2, -0.15) is 0 Å². The highest BCUT2D eigenvalue weighted by Crippen LogP contribution is 2.23. The molecule has 1 atom stereocenters. The number of nitrogens with one attached hydrogen (secondary N) is 2. The Morgan fingerprint density at radius 2 is 1.81 bits per heavy atom. The minimum atomic E-state index is -3.63. The summed E-state index contributed by atoms with van der Waals surface area (Å²) >= 11 is 1.60. The van der Waals surface area contributed by atoms with Crippen molar-refractivity contribution in [3.8, 4) is 0 Å². The summed E-state index contributed by atoms with van der Waals surface area (Å²) in [4.78, 5) is 15.0. The van der Waals surface area contributed by atoms with Gasteiger partial charge in [0.05, 0.1) is 10.9 Å². The predicted octanol–water partition coefficient (Wildman–Crippen LogP) is 2.92. The highest BCUT2D eigenvalue weighted by atomic mass is 32.2. The first-order chi connectivity index (χ1) is 12.2. The van der Waals surface area contributed by atoms with Crippen LogP contribution in [0.25, 0.3) is 0 Å². The second-order valence-corrected chi connectivity index (χ2v) is 9.26. The zero-order valence-electron chi connectivity index (χ0n) is 15.4. The third-order valence-corrected chi connectivity index (χ3v) is 6.33. The summed E-state index contributed by atoms with van der Waals surface area (Å²) in [6.45, 7) is 3.88. The summed E-state index contributed by atoms with van der Waals surface area (Å²) in [7, 11) is 0.217. The number of hydrogen-bond donors (Lipinski definition) is 2. The number of hydrogen-bond acceptors (Lipinski definition) is 5. The maximum absolute atomic E-state index is 12.6. The van der Waals surface area contributed by atoms with Crippen molar-refractivity contribution in [1.29, 1.82) is 0 Å². The Labute approximate surface area is 159 Å². The van der Waals surface area contributed by atoms with Gasteiger partial charge < -0.3 is 10.2 Å². The van der Waals surface area contributed by atoms with Crippen molar-refractivity contribution in [2.45, 2.75) is 24.8 Å². The standard InChI is InChI=1S/C18H25N3O3S2/c1-13(2)18(22)20-14-7-9-15(10-8-14)26(23,24)19-12-16(21(3)4)17-6-5-11-25-17/h5-11,13,16,19H,12H2,1-4H3,(H,20,22)/t16-/m0/s1. The second-order valence-electron chi connectivity index (χ2n) is 6.52. The summed E-state index contributed by atoms with van der Waals surface area (Å²) in [5, 5.41) is 4.72. The van der Waals surface area contributed by atoms with E-state index in [1.54, 1.807) is 37.3 Å². The zero-order chi connectivity index (χ0) is 19.3. The fourth-order valence-electron chi connectivity index (χ4n) is 2.29. The van der Waals surface area contributed by atoms with Crippen LogP contribution in [0.2, 0.25) is 0 Å². The van der Waals surface area contributed by atoms with Crippen molar-refractivity contribution in [2.75, 3.05) is 26.0 Å². The lowest BCUT2D eigenvalue weighted by molar-refractivity contribution is -0.118. The lowest BCUT2D eigenvalue weighted by Gasteiger charge is -2.23. The predicted molar refractivity (Wildman–Crippen MR) is 106 cm³/mol. The van der Waals surface area contributed by atoms with Gasteiger partial charge >= 0.3 is 0 Å². The van der Waals surface area contributed by atoms with Gasteiger partial charge in [-0.1, -0.05) is 19.9 Å². The van der Waals surface area contributed by atoms with Crippen molar-refractivity contribution in [3.05, 3.63) is 46.7 Å². The van der Waals surface area contributed by atoms with Gasteiger partial charge in [-0.15, -0.1) is 11.3 Å². The highest BCUT2D eigenvalue weighted by molar-refractivity contribution is 7.89. The fourth-order valence-corrected chi connectivity index (χ4v) is 4.26. The van der Waals surface area contributed by atoms with Gasteiger partial charge in [-0.05, 0) is 49.8 Å². The molecule has 0 saturated carbocycles. The van der Waals surface area contributed by atoms with Crippen LogP contribution in [0.3, 0.4) is 0 Å². The molecule has 0 saturated heterocycles. The van der Waals surface area contributed by atoms with E-state index < -0.39 is 10.0 Å². The van der Waals surface area contributed by atoms with Crippen LogP contribution < -0.4 is 10.0 Å². The SMILES string of the molecule is CC(C)C(=O)Nc1ccc(S(=O)(=O)NC[C@@H](c2cccs2)N(C)C)cc1. The van der Waals surface area contributed by atoms with E-state index >= 15 is 0 Å². The zero-order valence-corrected chi connectivity index (χ0v) is 17.0. The summed E-state index contributed by atoms with van der Waals surface area (Å²) in [6, 6.07) is 10.1. The number of rotatable bonds is 8. The van der Waals surface area contributed by atoms with Crippen LogP contribution in [0.4, 0.5) is 5.69 Å². The van der Waals surface area contributed by atoms with Gasteiger partial charge in [0, 0.05) is 23.0 Å². The van der Waals surface area contributed by atoms with Crippen molar-refractivity contribution in [3.63, 3.8) is 0 Å². The largest absolute Gasteiger partial charge is 0.326 e. The van der Waals surface area contributed by atoms with E-state index in [2.05, 4.69) is 10.0 Å². The van der Waals surface area contributed by atoms with E-state index in [0.717, 1.165) is 4.88 Å². The molecular weight excluding hydrogens is 370 g/mol. The number of amides is 1. The van der Waals surface area contributed by atoms with Crippen LogP contribution in [-0.2, 0) is 14.8 Å². The first kappa shape index (κ1) is 20.6. The van der Waals surface area contributed by atoms with Gasteiger partial charge in [0.1, 0.15) is 0 Å². The van der Waals surface area contributed by atoms with Crippen LogP contribution in [0.5, 0.6) is 0 Å². The molecule has 0 bridgehead atoms. The van der Waals surface area contributed by atoms with Crippen molar-refractivity contribution in [2.24, 2.45) is 5.92 Å². The van der Waals surface area contributed by atoms with Crippen molar-refractivity contribution >= 4 is 33.0 Å². The lowest BCUT2D eigenvalue weighted by atomic mass is 10.2. The normalized spacial score (nSPS) is 13.2. The van der Waals surface area contributed by atoms with E-state index in [0.29, 0.717) is 5.69 Å². The van der Waals surface area contributed by atoms with E-state index in [-0.39, 0.29) is 29.3 Å². The van der Waals surface area contributed by atoms with Gasteiger partial charge in [0.15, 0.2) is 0 Å². The van der Waals surface area contributed by atoms with E-state index in [9.17, 15) is 13.2 Å². The molecule has 0 radical (unpaired) electrons. The molecule has 2 aromatic rings. The summed E-state index contributed by atoms with van der Waals surface area (Å²) in [6.07, 6.45) is 0. The molecule has 1 aromatic carbocycles.